The molecule has 1 heterocycles. The highest BCUT2D eigenvalue weighted by atomic mass is 32.2. The van der Waals surface area contributed by atoms with E-state index in [9.17, 15) is 4.79 Å². The van der Waals surface area contributed by atoms with E-state index in [0.29, 0.717) is 23.5 Å². The number of hydrogen-bond acceptors (Lipinski definition) is 3. The van der Waals surface area contributed by atoms with Gasteiger partial charge in [-0.25, -0.2) is 0 Å². The first-order chi connectivity index (χ1) is 8.63. The van der Waals surface area contributed by atoms with Crippen LogP contribution in [0.15, 0.2) is 0 Å². The standard InChI is InChI=1S/C14H28N2OS/c1-11(13-5-4-7-15-10-13)9-14(17)16-8-6-12(2)18-3/h11-13,15H,4-10H2,1-3H3,(H,16,17). The van der Waals surface area contributed by atoms with Gasteiger partial charge in [0.25, 0.3) is 0 Å². The van der Waals surface area contributed by atoms with Gasteiger partial charge in [0.15, 0.2) is 0 Å². The average molecular weight is 272 g/mol. The molecule has 0 aromatic rings. The van der Waals surface area contributed by atoms with Crippen molar-refractivity contribution >= 4 is 17.7 Å². The first kappa shape index (κ1) is 15.8. The summed E-state index contributed by atoms with van der Waals surface area (Å²) in [5, 5.41) is 7.10. The summed E-state index contributed by atoms with van der Waals surface area (Å²) in [6.45, 7) is 7.45. The maximum Gasteiger partial charge on any atom is 0.220 e. The van der Waals surface area contributed by atoms with Crippen LogP contribution in [0, 0.1) is 11.8 Å². The number of carbonyl (C=O) groups is 1. The molecule has 3 unspecified atom stereocenters. The minimum absolute atomic E-state index is 0.223. The average Bonchev–Trinajstić information content (AvgIpc) is 2.39. The third kappa shape index (κ3) is 6.10. The molecule has 0 aromatic carbocycles. The Morgan fingerprint density at radius 2 is 2.28 bits per heavy atom. The molecule has 0 radical (unpaired) electrons. The molecule has 1 fully saturated rings. The first-order valence-electron chi connectivity index (χ1n) is 7.13. The van der Waals surface area contributed by atoms with E-state index in [1.165, 1.54) is 12.8 Å². The maximum atomic E-state index is 11.8. The van der Waals surface area contributed by atoms with Gasteiger partial charge < -0.3 is 10.6 Å². The summed E-state index contributed by atoms with van der Waals surface area (Å²) >= 11 is 1.85. The summed E-state index contributed by atoms with van der Waals surface area (Å²) in [7, 11) is 0. The lowest BCUT2D eigenvalue weighted by Crippen LogP contribution is -2.36. The zero-order chi connectivity index (χ0) is 13.4. The molecule has 1 saturated heterocycles. The van der Waals surface area contributed by atoms with Crippen molar-refractivity contribution in [2.24, 2.45) is 11.8 Å². The van der Waals surface area contributed by atoms with Gasteiger partial charge in [0.05, 0.1) is 0 Å². The number of thioether (sulfide) groups is 1. The summed E-state index contributed by atoms with van der Waals surface area (Å²) in [4.78, 5) is 11.8. The van der Waals surface area contributed by atoms with E-state index in [4.69, 9.17) is 0 Å². The van der Waals surface area contributed by atoms with Gasteiger partial charge in [-0.15, -0.1) is 0 Å². The fraction of sp³-hybridized carbons (Fsp3) is 0.929. The fourth-order valence-electron chi connectivity index (χ4n) is 2.43. The molecule has 1 rings (SSSR count). The minimum atomic E-state index is 0.223. The zero-order valence-electron chi connectivity index (χ0n) is 12.0. The molecule has 0 saturated carbocycles. The highest BCUT2D eigenvalue weighted by molar-refractivity contribution is 7.99. The van der Waals surface area contributed by atoms with E-state index >= 15 is 0 Å². The summed E-state index contributed by atoms with van der Waals surface area (Å²) in [5.74, 6) is 1.40. The lowest BCUT2D eigenvalue weighted by Gasteiger charge is -2.28. The van der Waals surface area contributed by atoms with Crippen LogP contribution in [0.1, 0.15) is 39.5 Å². The molecule has 4 heteroatoms. The SMILES string of the molecule is CSC(C)CCNC(=O)CC(C)C1CCCNC1. The number of amides is 1. The number of rotatable bonds is 7. The Kier molecular flexibility index (Phi) is 7.75. The van der Waals surface area contributed by atoms with Crippen LogP contribution in [0.3, 0.4) is 0 Å². The van der Waals surface area contributed by atoms with Gasteiger partial charge >= 0.3 is 0 Å². The van der Waals surface area contributed by atoms with Crippen LogP contribution in [-0.4, -0.2) is 37.0 Å². The monoisotopic (exact) mass is 272 g/mol. The lowest BCUT2D eigenvalue weighted by atomic mass is 9.85. The van der Waals surface area contributed by atoms with Crippen LogP contribution >= 0.6 is 11.8 Å². The molecule has 1 aliphatic rings. The van der Waals surface area contributed by atoms with Gasteiger partial charge in [0, 0.05) is 18.2 Å². The second-order valence-electron chi connectivity index (χ2n) is 5.47. The molecule has 2 N–H and O–H groups in total. The van der Waals surface area contributed by atoms with E-state index in [1.807, 2.05) is 11.8 Å². The molecule has 3 atom stereocenters. The predicted octanol–water partition coefficient (Wildman–Crippen LogP) is 2.27. The summed E-state index contributed by atoms with van der Waals surface area (Å²) in [6.07, 6.45) is 6.38. The Labute approximate surface area is 116 Å². The molecule has 1 amide bonds. The van der Waals surface area contributed by atoms with Crippen molar-refractivity contribution in [1.29, 1.82) is 0 Å². The van der Waals surface area contributed by atoms with Crippen LogP contribution in [0.25, 0.3) is 0 Å². The Morgan fingerprint density at radius 3 is 2.89 bits per heavy atom. The van der Waals surface area contributed by atoms with Gasteiger partial charge in [-0.1, -0.05) is 13.8 Å². The highest BCUT2D eigenvalue weighted by Crippen LogP contribution is 2.22. The van der Waals surface area contributed by atoms with E-state index in [1.54, 1.807) is 0 Å². The van der Waals surface area contributed by atoms with Crippen LogP contribution in [0.5, 0.6) is 0 Å². The van der Waals surface area contributed by atoms with Gasteiger partial charge in [-0.2, -0.15) is 11.8 Å². The van der Waals surface area contributed by atoms with Crippen LogP contribution < -0.4 is 10.6 Å². The number of carbonyl (C=O) groups excluding carboxylic acids is 1. The van der Waals surface area contributed by atoms with Crippen molar-refractivity contribution in [2.45, 2.75) is 44.8 Å². The number of piperidine rings is 1. The van der Waals surface area contributed by atoms with Gasteiger partial charge in [-0.3, -0.25) is 4.79 Å². The second kappa shape index (κ2) is 8.81. The molecule has 18 heavy (non-hydrogen) atoms. The van der Waals surface area contributed by atoms with Crippen LogP contribution in [0.4, 0.5) is 0 Å². The summed E-state index contributed by atoms with van der Waals surface area (Å²) in [6, 6.07) is 0. The Hall–Kier alpha value is -0.220. The molecular weight excluding hydrogens is 244 g/mol. The van der Waals surface area contributed by atoms with Crippen molar-refractivity contribution < 1.29 is 4.79 Å². The minimum Gasteiger partial charge on any atom is -0.356 e. The van der Waals surface area contributed by atoms with E-state index in [2.05, 4.69) is 30.7 Å². The molecule has 106 valence electrons. The molecule has 0 aromatic heterocycles. The van der Waals surface area contributed by atoms with Crippen molar-refractivity contribution in [2.75, 3.05) is 25.9 Å². The Bertz CT molecular complexity index is 242. The van der Waals surface area contributed by atoms with E-state index in [0.717, 1.165) is 26.1 Å². The Balaban J connectivity index is 2.14. The summed E-state index contributed by atoms with van der Waals surface area (Å²) in [5.41, 5.74) is 0. The predicted molar refractivity (Wildman–Crippen MR) is 80.0 cm³/mol. The van der Waals surface area contributed by atoms with Crippen molar-refractivity contribution in [3.63, 3.8) is 0 Å². The van der Waals surface area contributed by atoms with Crippen LogP contribution in [0.2, 0.25) is 0 Å². The third-order valence-corrected chi connectivity index (χ3v) is 4.96. The molecule has 0 bridgehead atoms. The largest absolute Gasteiger partial charge is 0.356 e. The molecular formula is C14H28N2OS. The zero-order valence-corrected chi connectivity index (χ0v) is 12.8. The molecule has 1 aliphatic heterocycles. The van der Waals surface area contributed by atoms with E-state index < -0.39 is 0 Å². The van der Waals surface area contributed by atoms with Crippen molar-refractivity contribution in [3.05, 3.63) is 0 Å². The van der Waals surface area contributed by atoms with Crippen molar-refractivity contribution in [1.82, 2.24) is 10.6 Å². The normalized spacial score (nSPS) is 23.4. The lowest BCUT2D eigenvalue weighted by molar-refractivity contribution is -0.122. The van der Waals surface area contributed by atoms with Crippen LogP contribution in [-0.2, 0) is 4.79 Å². The highest BCUT2D eigenvalue weighted by Gasteiger charge is 2.21. The third-order valence-electron chi connectivity index (χ3n) is 3.92. The fourth-order valence-corrected chi connectivity index (χ4v) is 2.78. The smallest absolute Gasteiger partial charge is 0.220 e. The second-order valence-corrected chi connectivity index (χ2v) is 6.75. The summed E-state index contributed by atoms with van der Waals surface area (Å²) < 4.78 is 0. The van der Waals surface area contributed by atoms with Gasteiger partial charge in [0.2, 0.25) is 5.91 Å². The van der Waals surface area contributed by atoms with Crippen molar-refractivity contribution in [3.8, 4) is 0 Å². The number of nitrogens with one attached hydrogen (secondary N) is 2. The Morgan fingerprint density at radius 1 is 1.50 bits per heavy atom. The quantitative estimate of drug-likeness (QED) is 0.747. The molecule has 3 nitrogen and oxygen atoms in total. The molecule has 0 aliphatic carbocycles. The van der Waals surface area contributed by atoms with E-state index in [-0.39, 0.29) is 5.91 Å². The number of hydrogen-bond donors (Lipinski definition) is 2. The molecule has 0 spiro atoms. The topological polar surface area (TPSA) is 41.1 Å². The van der Waals surface area contributed by atoms with Gasteiger partial charge in [-0.05, 0) is 50.4 Å². The van der Waals surface area contributed by atoms with Gasteiger partial charge in [0.1, 0.15) is 0 Å². The first-order valence-corrected chi connectivity index (χ1v) is 8.42. The maximum absolute atomic E-state index is 11.8.